The summed E-state index contributed by atoms with van der Waals surface area (Å²) in [5.74, 6) is 0.754. The number of pyridine rings is 1. The van der Waals surface area contributed by atoms with E-state index in [2.05, 4.69) is 47.8 Å². The van der Waals surface area contributed by atoms with Gasteiger partial charge in [-0.1, -0.05) is 24.3 Å². The molecule has 0 aliphatic heterocycles. The summed E-state index contributed by atoms with van der Waals surface area (Å²) in [5, 5.41) is 19.2. The van der Waals surface area contributed by atoms with E-state index in [1.54, 1.807) is 12.3 Å². The molecule has 0 bridgehead atoms. The molecule has 0 spiro atoms. The van der Waals surface area contributed by atoms with Crippen LogP contribution >= 0.6 is 0 Å². The van der Waals surface area contributed by atoms with Crippen LogP contribution in [-0.4, -0.2) is 33.9 Å². The van der Waals surface area contributed by atoms with Crippen LogP contribution in [0.2, 0.25) is 0 Å². The Morgan fingerprint density at radius 2 is 1.81 bits per heavy atom. The van der Waals surface area contributed by atoms with Crippen molar-refractivity contribution in [2.75, 3.05) is 17.2 Å². The first-order chi connectivity index (χ1) is 17.9. The van der Waals surface area contributed by atoms with Crippen molar-refractivity contribution in [3.8, 4) is 11.8 Å². The van der Waals surface area contributed by atoms with Gasteiger partial charge in [0.15, 0.2) is 0 Å². The second-order valence-electron chi connectivity index (χ2n) is 8.92. The number of hydrogen-bond acceptors (Lipinski definition) is 8. The molecule has 0 saturated heterocycles. The Hall–Kier alpha value is -3.91. The molecule has 0 radical (unpaired) electrons. The van der Waals surface area contributed by atoms with Crippen LogP contribution in [0.3, 0.4) is 0 Å². The molecule has 1 saturated carbocycles. The van der Waals surface area contributed by atoms with Gasteiger partial charge in [-0.05, 0) is 49.3 Å². The van der Waals surface area contributed by atoms with Crippen LogP contribution in [0.1, 0.15) is 42.4 Å². The Kier molecular flexibility index (Phi) is 8.74. The molecule has 1 aromatic carbocycles. The fourth-order valence-electron chi connectivity index (χ4n) is 4.31. The van der Waals surface area contributed by atoms with E-state index in [1.807, 2.05) is 12.3 Å². The summed E-state index contributed by atoms with van der Waals surface area (Å²) in [6.45, 7) is 1.49. The third kappa shape index (κ3) is 8.05. The number of halogens is 3. The lowest BCUT2D eigenvalue weighted by Crippen LogP contribution is -2.34. The van der Waals surface area contributed by atoms with Crippen molar-refractivity contribution in [3.05, 3.63) is 71.7 Å². The average Bonchev–Trinajstić information content (AvgIpc) is 2.90. The molecule has 11 heteroatoms. The molecule has 1 aliphatic rings. The van der Waals surface area contributed by atoms with Crippen molar-refractivity contribution in [2.45, 2.75) is 51.2 Å². The first kappa shape index (κ1) is 26.2. The molecule has 2 aromatic heterocycles. The van der Waals surface area contributed by atoms with Crippen molar-refractivity contribution >= 4 is 11.8 Å². The van der Waals surface area contributed by atoms with E-state index in [4.69, 9.17) is 0 Å². The first-order valence-corrected chi connectivity index (χ1v) is 12.1. The van der Waals surface area contributed by atoms with Crippen molar-refractivity contribution in [1.82, 2.24) is 20.3 Å². The Balaban J connectivity index is 1.28. The smallest absolute Gasteiger partial charge is 0.405 e. The summed E-state index contributed by atoms with van der Waals surface area (Å²) in [6, 6.07) is 12.4. The van der Waals surface area contributed by atoms with Crippen LogP contribution in [0.15, 0.2) is 55.0 Å². The first-order valence-electron chi connectivity index (χ1n) is 12.1. The molecular formula is C26H28F3N7O. The maximum atomic E-state index is 12.7. The largest absolute Gasteiger partial charge is 0.573 e. The van der Waals surface area contributed by atoms with E-state index >= 15 is 0 Å². The summed E-state index contributed by atoms with van der Waals surface area (Å²) >= 11 is 0. The van der Waals surface area contributed by atoms with E-state index in [-0.39, 0.29) is 18.2 Å². The molecule has 194 valence electrons. The molecule has 0 amide bonds. The lowest BCUT2D eigenvalue weighted by Gasteiger charge is -2.29. The van der Waals surface area contributed by atoms with Gasteiger partial charge in [-0.2, -0.15) is 10.2 Å². The van der Waals surface area contributed by atoms with Crippen molar-refractivity contribution < 1.29 is 17.9 Å². The topological polar surface area (TPSA) is 108 Å². The van der Waals surface area contributed by atoms with Gasteiger partial charge in [0.25, 0.3) is 0 Å². The number of rotatable bonds is 10. The van der Waals surface area contributed by atoms with Crippen molar-refractivity contribution in [3.63, 3.8) is 0 Å². The highest BCUT2D eigenvalue weighted by molar-refractivity contribution is 5.53. The van der Waals surface area contributed by atoms with Crippen LogP contribution in [0.25, 0.3) is 0 Å². The van der Waals surface area contributed by atoms with E-state index in [0.29, 0.717) is 35.4 Å². The molecule has 8 nitrogen and oxygen atoms in total. The zero-order valence-corrected chi connectivity index (χ0v) is 20.1. The van der Waals surface area contributed by atoms with E-state index < -0.39 is 6.36 Å². The minimum absolute atomic E-state index is 0.0215. The summed E-state index contributed by atoms with van der Waals surface area (Å²) in [4.78, 5) is 12.7. The lowest BCUT2D eigenvalue weighted by molar-refractivity contribution is -0.274. The number of aromatic nitrogens is 3. The third-order valence-corrected chi connectivity index (χ3v) is 6.27. The maximum Gasteiger partial charge on any atom is 0.573 e. The zero-order valence-electron chi connectivity index (χ0n) is 20.1. The number of alkyl halides is 3. The zero-order chi connectivity index (χ0) is 26.1. The van der Waals surface area contributed by atoms with E-state index in [0.717, 1.165) is 32.2 Å². The van der Waals surface area contributed by atoms with Crippen LogP contribution in [0.5, 0.6) is 5.75 Å². The number of nitrogens with one attached hydrogen (secondary N) is 3. The van der Waals surface area contributed by atoms with Crippen LogP contribution in [-0.2, 0) is 13.1 Å². The quantitative estimate of drug-likeness (QED) is 0.349. The van der Waals surface area contributed by atoms with Crippen LogP contribution < -0.4 is 20.7 Å². The van der Waals surface area contributed by atoms with E-state index in [1.165, 1.54) is 30.0 Å². The molecule has 3 N–H and O–H groups in total. The molecule has 1 aliphatic carbocycles. The predicted octanol–water partition coefficient (Wildman–Crippen LogP) is 5.01. The van der Waals surface area contributed by atoms with Gasteiger partial charge in [-0.15, -0.1) is 13.2 Å². The SMILES string of the molecule is N#Cc1cnc(NCc2ccccc2OC(F)(F)F)nc1NCC1CCC(NCc2cccnc2)CC1. The van der Waals surface area contributed by atoms with Gasteiger partial charge in [0.2, 0.25) is 5.95 Å². The minimum atomic E-state index is -4.79. The molecule has 37 heavy (non-hydrogen) atoms. The van der Waals surface area contributed by atoms with Gasteiger partial charge in [-0.25, -0.2) is 4.98 Å². The maximum absolute atomic E-state index is 12.7. The van der Waals surface area contributed by atoms with Gasteiger partial charge in [0.1, 0.15) is 23.2 Å². The molecule has 4 rings (SSSR count). The van der Waals surface area contributed by atoms with Gasteiger partial charge in [0.05, 0.1) is 6.20 Å². The van der Waals surface area contributed by atoms with Crippen molar-refractivity contribution in [1.29, 1.82) is 5.26 Å². The van der Waals surface area contributed by atoms with Crippen LogP contribution in [0, 0.1) is 17.2 Å². The Morgan fingerprint density at radius 1 is 1.00 bits per heavy atom. The van der Waals surface area contributed by atoms with Crippen molar-refractivity contribution in [2.24, 2.45) is 5.92 Å². The number of nitriles is 1. The minimum Gasteiger partial charge on any atom is -0.405 e. The Morgan fingerprint density at radius 3 is 2.54 bits per heavy atom. The molecule has 2 heterocycles. The van der Waals surface area contributed by atoms with Crippen LogP contribution in [0.4, 0.5) is 24.9 Å². The fourth-order valence-corrected chi connectivity index (χ4v) is 4.31. The number of hydrogen-bond donors (Lipinski definition) is 3. The highest BCUT2D eigenvalue weighted by Gasteiger charge is 2.32. The molecular weight excluding hydrogens is 483 g/mol. The molecule has 3 aromatic rings. The van der Waals surface area contributed by atoms with Gasteiger partial charge >= 0.3 is 6.36 Å². The van der Waals surface area contributed by atoms with E-state index in [9.17, 15) is 18.4 Å². The van der Waals surface area contributed by atoms with Gasteiger partial charge < -0.3 is 20.7 Å². The Bertz CT molecular complexity index is 1190. The number of benzene rings is 1. The summed E-state index contributed by atoms with van der Waals surface area (Å²) in [5.41, 5.74) is 1.77. The third-order valence-electron chi connectivity index (χ3n) is 6.27. The summed E-state index contributed by atoms with van der Waals surface area (Å²) in [7, 11) is 0. The second kappa shape index (κ2) is 12.4. The lowest BCUT2D eigenvalue weighted by atomic mass is 9.86. The normalized spacial score (nSPS) is 17.6. The predicted molar refractivity (Wildman–Crippen MR) is 133 cm³/mol. The molecule has 0 atom stereocenters. The monoisotopic (exact) mass is 511 g/mol. The average molecular weight is 512 g/mol. The van der Waals surface area contributed by atoms with Gasteiger partial charge in [-0.3, -0.25) is 4.98 Å². The highest BCUT2D eigenvalue weighted by atomic mass is 19.4. The highest BCUT2D eigenvalue weighted by Crippen LogP contribution is 2.27. The standard InChI is InChI=1S/C26H28F3N7O/c27-26(28,29)37-23-6-2-1-5-20(23)16-34-25-35-17-21(12-30)24(36-25)33-14-18-7-9-22(10-8-18)32-15-19-4-3-11-31-13-19/h1-6,11,13,17-18,22,32H,7-10,14-16H2,(H2,33,34,35,36). The summed E-state index contributed by atoms with van der Waals surface area (Å²) < 4.78 is 42.1. The second-order valence-corrected chi connectivity index (χ2v) is 8.92. The number of nitrogens with zero attached hydrogens (tertiary/aromatic N) is 4. The molecule has 0 unspecified atom stereocenters. The fraction of sp³-hybridized carbons (Fsp3) is 0.385. The Labute approximate surface area is 213 Å². The summed E-state index contributed by atoms with van der Waals surface area (Å²) in [6.07, 6.45) is 4.47. The number of anilines is 2. The van der Waals surface area contributed by atoms with Gasteiger partial charge in [0, 0.05) is 43.6 Å². The number of ether oxygens (including phenoxy) is 1. The molecule has 1 fully saturated rings. The number of para-hydroxylation sites is 1.